The Bertz CT molecular complexity index is 1330. The average molecular weight is 673 g/mol. The number of aliphatic hydroxyl groups is 10. The second kappa shape index (κ2) is 11.8. The van der Waals surface area contributed by atoms with E-state index in [4.69, 9.17) is 0 Å². The largest absolute Gasteiger partial charge is 0.389 e. The lowest BCUT2D eigenvalue weighted by Gasteiger charge is -2.56. The quantitative estimate of drug-likeness (QED) is 0.191. The van der Waals surface area contributed by atoms with Crippen LogP contribution in [0.4, 0.5) is 0 Å². The lowest BCUT2D eigenvalue weighted by Crippen LogP contribution is -2.68. The summed E-state index contributed by atoms with van der Waals surface area (Å²) < 4.78 is 0. The number of hydrogen-bond acceptors (Lipinski definition) is 10. The molecule has 0 radical (unpaired) electrons. The van der Waals surface area contributed by atoms with Crippen molar-refractivity contribution in [2.45, 2.75) is 124 Å². The maximum atomic E-state index is 11.6. The van der Waals surface area contributed by atoms with Crippen molar-refractivity contribution in [1.82, 2.24) is 0 Å². The van der Waals surface area contributed by atoms with E-state index in [0.717, 1.165) is 0 Å². The second-order valence-corrected chi connectivity index (χ2v) is 16.4. The first-order chi connectivity index (χ1) is 21.9. The van der Waals surface area contributed by atoms with Crippen LogP contribution in [0.15, 0.2) is 72.9 Å². The van der Waals surface area contributed by atoms with Crippen LogP contribution in [-0.4, -0.2) is 109 Å². The molecule has 0 unspecified atom stereocenters. The number of rotatable bonds is 2. The van der Waals surface area contributed by atoms with Gasteiger partial charge in [-0.1, -0.05) is 75.6 Å². The van der Waals surface area contributed by atoms with E-state index in [0.29, 0.717) is 22.3 Å². The highest BCUT2D eigenvalue weighted by molar-refractivity contribution is 5.34. The highest BCUT2D eigenvalue weighted by Crippen LogP contribution is 2.60. The van der Waals surface area contributed by atoms with Crippen molar-refractivity contribution in [2.75, 3.05) is 0 Å². The summed E-state index contributed by atoms with van der Waals surface area (Å²) in [6, 6.07) is 0. The van der Waals surface area contributed by atoms with E-state index in [1.807, 2.05) is 0 Å². The monoisotopic (exact) mass is 672 g/mol. The molecule has 16 atom stereocenters. The zero-order chi connectivity index (χ0) is 36.2. The van der Waals surface area contributed by atoms with Crippen LogP contribution < -0.4 is 0 Å². The molecule has 10 nitrogen and oxygen atoms in total. The molecule has 0 aromatic heterocycles. The molecule has 0 amide bonds. The topological polar surface area (TPSA) is 202 Å². The van der Waals surface area contributed by atoms with Gasteiger partial charge in [0.05, 0.1) is 23.4 Å². The third-order valence-corrected chi connectivity index (χ3v) is 13.4. The molecule has 0 aromatic rings. The molecule has 4 saturated carbocycles. The summed E-state index contributed by atoms with van der Waals surface area (Å²) in [5.41, 5.74) is -6.76. The van der Waals surface area contributed by atoms with Gasteiger partial charge in [-0.05, 0) is 62.5 Å². The van der Waals surface area contributed by atoms with Gasteiger partial charge in [-0.3, -0.25) is 0 Å². The Morgan fingerprint density at radius 3 is 1.21 bits per heavy atom. The number of fused-ring (bicyclic) bond motifs is 6. The van der Waals surface area contributed by atoms with E-state index in [-0.39, 0.29) is 38.5 Å². The molecular weight excluding hydrogens is 616 g/mol. The Balaban J connectivity index is 0.000000188. The van der Waals surface area contributed by atoms with Gasteiger partial charge in [0.25, 0.3) is 0 Å². The Hall–Kier alpha value is -1.96. The molecule has 0 bridgehead atoms. The van der Waals surface area contributed by atoms with E-state index in [9.17, 15) is 51.1 Å². The van der Waals surface area contributed by atoms with E-state index < -0.39 is 93.5 Å². The van der Waals surface area contributed by atoms with Crippen molar-refractivity contribution in [2.24, 2.45) is 35.5 Å². The molecule has 4 fully saturated rings. The summed E-state index contributed by atoms with van der Waals surface area (Å²) in [5.74, 6) is -3.70. The molecule has 10 N–H and O–H groups in total. The predicted molar refractivity (Wildman–Crippen MR) is 180 cm³/mol. The van der Waals surface area contributed by atoms with Crippen LogP contribution in [0.2, 0.25) is 0 Å². The van der Waals surface area contributed by atoms with Gasteiger partial charge in [0.1, 0.15) is 34.6 Å². The minimum atomic E-state index is -1.53. The third-order valence-electron chi connectivity index (χ3n) is 13.4. The predicted octanol–water partition coefficient (Wildman–Crippen LogP) is 1.34. The van der Waals surface area contributed by atoms with Crippen molar-refractivity contribution in [1.29, 1.82) is 0 Å². The minimum absolute atomic E-state index is 0.138. The number of hydrogen-bond donors (Lipinski definition) is 10. The molecule has 48 heavy (non-hydrogen) atoms. The van der Waals surface area contributed by atoms with E-state index in [1.165, 1.54) is 12.2 Å². The fourth-order valence-electron chi connectivity index (χ4n) is 10.5. The van der Waals surface area contributed by atoms with Crippen LogP contribution >= 0.6 is 0 Å². The molecule has 0 aliphatic heterocycles. The first-order valence-corrected chi connectivity index (χ1v) is 17.0. The van der Waals surface area contributed by atoms with Gasteiger partial charge in [-0.15, -0.1) is 0 Å². The van der Waals surface area contributed by atoms with Gasteiger partial charge in [0.15, 0.2) is 0 Å². The number of aliphatic hydroxyl groups excluding tert-OH is 4. The Morgan fingerprint density at radius 1 is 0.604 bits per heavy atom. The van der Waals surface area contributed by atoms with E-state index in [1.54, 1.807) is 39.8 Å². The van der Waals surface area contributed by atoms with E-state index in [2.05, 4.69) is 26.3 Å². The molecule has 10 heteroatoms. The van der Waals surface area contributed by atoms with Crippen LogP contribution in [0.3, 0.4) is 0 Å². The second-order valence-electron chi connectivity index (χ2n) is 16.4. The van der Waals surface area contributed by atoms with E-state index >= 15 is 0 Å². The zero-order valence-electron chi connectivity index (χ0n) is 28.6. The lowest BCUT2D eigenvalue weighted by molar-refractivity contribution is -0.239. The van der Waals surface area contributed by atoms with Gasteiger partial charge in [0, 0.05) is 36.5 Å². The third kappa shape index (κ3) is 4.98. The molecule has 0 spiro atoms. The first-order valence-electron chi connectivity index (χ1n) is 17.0. The highest BCUT2D eigenvalue weighted by Gasteiger charge is 2.68. The SMILES string of the molecule is C=C1C[C@H]2[C@@H](O)[C@](O)(C(=C)C)C[C@@H](C)[C@]2(O)[C@@H]2C=C[C@H](O)[C@@]2(O)C1.C=C1C[C@H]2[C@@H](O)[C@](O)(C(=C)C)C[C@@H](C)[C@]2(O)[C@@H]2C=C[C@H](O)[C@@]2(O)C1. The molecular formula is C38H56O10. The molecule has 0 heterocycles. The van der Waals surface area contributed by atoms with Crippen LogP contribution in [-0.2, 0) is 0 Å². The Kier molecular flexibility index (Phi) is 9.17. The van der Waals surface area contributed by atoms with Crippen LogP contribution in [0, 0.1) is 35.5 Å². The van der Waals surface area contributed by atoms with Crippen LogP contribution in [0.1, 0.15) is 66.2 Å². The zero-order valence-corrected chi connectivity index (χ0v) is 28.6. The summed E-state index contributed by atoms with van der Waals surface area (Å²) in [6.45, 7) is 22.5. The highest BCUT2D eigenvalue weighted by atomic mass is 16.4. The fraction of sp³-hybridized carbons (Fsp3) is 0.684. The van der Waals surface area contributed by atoms with Gasteiger partial charge >= 0.3 is 0 Å². The summed E-state index contributed by atoms with van der Waals surface area (Å²) in [7, 11) is 0. The molecule has 0 aromatic carbocycles. The smallest absolute Gasteiger partial charge is 0.112 e. The molecule has 6 aliphatic rings. The average Bonchev–Trinajstić information content (AvgIpc) is 3.38. The summed E-state index contributed by atoms with van der Waals surface area (Å²) in [6.07, 6.45) is 2.78. The maximum absolute atomic E-state index is 11.6. The standard InChI is InChI=1S/2C19H28O5/c2*1-10(2)17(22)9-12(4)19(24)13(16(17)21)7-11(3)8-18(23)14(19)5-6-15(18)20/h2*5-6,12-16,20-24H,1,3,7-9H2,2,4H3/t2*12-,13+,14-,15+,16-,17-,18-,19-/m11/s1. The van der Waals surface area contributed by atoms with Crippen molar-refractivity contribution in [3.05, 3.63) is 72.9 Å². The first kappa shape index (κ1) is 37.3. The molecule has 268 valence electrons. The normalized spacial score (nSPS) is 54.1. The van der Waals surface area contributed by atoms with Gasteiger partial charge in [-0.25, -0.2) is 0 Å². The summed E-state index contributed by atoms with van der Waals surface area (Å²) in [5, 5.41) is 110. The Morgan fingerprint density at radius 2 is 0.917 bits per heavy atom. The van der Waals surface area contributed by atoms with Crippen molar-refractivity contribution in [3.8, 4) is 0 Å². The molecule has 6 aliphatic carbocycles. The molecule has 6 rings (SSSR count). The maximum Gasteiger partial charge on any atom is 0.112 e. The van der Waals surface area contributed by atoms with Gasteiger partial charge < -0.3 is 51.1 Å². The van der Waals surface area contributed by atoms with Crippen molar-refractivity contribution < 1.29 is 51.1 Å². The summed E-state index contributed by atoms with van der Waals surface area (Å²) in [4.78, 5) is 0. The lowest BCUT2D eigenvalue weighted by atomic mass is 9.55. The fourth-order valence-corrected chi connectivity index (χ4v) is 10.5. The Labute approximate surface area is 283 Å². The van der Waals surface area contributed by atoms with Crippen molar-refractivity contribution in [3.63, 3.8) is 0 Å². The minimum Gasteiger partial charge on any atom is -0.389 e. The summed E-state index contributed by atoms with van der Waals surface area (Å²) >= 11 is 0. The van der Waals surface area contributed by atoms with Gasteiger partial charge in [-0.2, -0.15) is 0 Å². The van der Waals surface area contributed by atoms with Gasteiger partial charge in [0.2, 0.25) is 0 Å². The van der Waals surface area contributed by atoms with Crippen LogP contribution in [0.5, 0.6) is 0 Å². The van der Waals surface area contributed by atoms with Crippen LogP contribution in [0.25, 0.3) is 0 Å². The van der Waals surface area contributed by atoms with Crippen molar-refractivity contribution >= 4 is 0 Å². The molecule has 0 saturated heterocycles.